The molecule has 2 heterocycles. The molecule has 0 aromatic carbocycles. The van der Waals surface area contributed by atoms with Crippen LogP contribution in [0.3, 0.4) is 0 Å². The summed E-state index contributed by atoms with van der Waals surface area (Å²) >= 11 is 0. The summed E-state index contributed by atoms with van der Waals surface area (Å²) in [5, 5.41) is 1.09. The van der Waals surface area contributed by atoms with Crippen molar-refractivity contribution in [3.63, 3.8) is 0 Å². The average molecular weight is 259 g/mol. The maximum Gasteiger partial charge on any atom is 0.226 e. The van der Waals surface area contributed by atoms with Gasteiger partial charge in [-0.3, -0.25) is 4.79 Å². The Balaban J connectivity index is 2.28. The maximum absolute atomic E-state index is 12.1. The molecule has 0 atom stereocenters. The van der Waals surface area contributed by atoms with Crippen LogP contribution in [-0.4, -0.2) is 34.0 Å². The standard InChI is InChI=1S/C15H21N3O/c1-4-9-17(3)14(19)10-12-11-18(5-2)15-13(12)7-6-8-16-15/h6-8,11H,4-5,9-10H2,1-3H3. The van der Waals surface area contributed by atoms with Crippen LogP contribution in [0.25, 0.3) is 11.0 Å². The number of fused-ring (bicyclic) bond motifs is 1. The Morgan fingerprint density at radius 2 is 2.21 bits per heavy atom. The average Bonchev–Trinajstić information content (AvgIpc) is 2.77. The summed E-state index contributed by atoms with van der Waals surface area (Å²) < 4.78 is 2.10. The second-order valence-electron chi connectivity index (χ2n) is 4.81. The van der Waals surface area contributed by atoms with Gasteiger partial charge in [0.25, 0.3) is 0 Å². The van der Waals surface area contributed by atoms with Crippen LogP contribution < -0.4 is 0 Å². The van der Waals surface area contributed by atoms with Crippen molar-refractivity contribution in [1.29, 1.82) is 0 Å². The van der Waals surface area contributed by atoms with Crippen molar-refractivity contribution in [3.8, 4) is 0 Å². The van der Waals surface area contributed by atoms with Gasteiger partial charge in [-0.25, -0.2) is 4.98 Å². The van der Waals surface area contributed by atoms with Crippen molar-refractivity contribution in [2.75, 3.05) is 13.6 Å². The van der Waals surface area contributed by atoms with Gasteiger partial charge in [0, 0.05) is 37.9 Å². The molecule has 0 aliphatic rings. The zero-order valence-electron chi connectivity index (χ0n) is 11.9. The second kappa shape index (κ2) is 5.87. The van der Waals surface area contributed by atoms with Crippen molar-refractivity contribution in [2.24, 2.45) is 0 Å². The molecule has 0 radical (unpaired) electrons. The fourth-order valence-corrected chi connectivity index (χ4v) is 2.34. The van der Waals surface area contributed by atoms with Crippen LogP contribution in [0, 0.1) is 0 Å². The summed E-state index contributed by atoms with van der Waals surface area (Å²) in [5.74, 6) is 0.167. The Hall–Kier alpha value is -1.84. The summed E-state index contributed by atoms with van der Waals surface area (Å²) in [5.41, 5.74) is 2.03. The highest BCUT2D eigenvalue weighted by Crippen LogP contribution is 2.20. The molecule has 2 aromatic heterocycles. The third kappa shape index (κ3) is 2.78. The van der Waals surface area contributed by atoms with E-state index in [1.165, 1.54) is 0 Å². The van der Waals surface area contributed by atoms with E-state index in [2.05, 4.69) is 29.6 Å². The highest BCUT2D eigenvalue weighted by Gasteiger charge is 2.14. The van der Waals surface area contributed by atoms with Gasteiger partial charge in [0.1, 0.15) is 5.65 Å². The number of hydrogen-bond acceptors (Lipinski definition) is 2. The molecule has 0 aliphatic heterocycles. The molecule has 4 nitrogen and oxygen atoms in total. The minimum atomic E-state index is 0.167. The van der Waals surface area contributed by atoms with Gasteiger partial charge in [0.2, 0.25) is 5.91 Å². The topological polar surface area (TPSA) is 38.1 Å². The van der Waals surface area contributed by atoms with Crippen LogP contribution in [0.1, 0.15) is 25.8 Å². The molecule has 0 bridgehead atoms. The first kappa shape index (κ1) is 13.6. The molecule has 0 saturated heterocycles. The normalized spacial score (nSPS) is 10.9. The number of likely N-dealkylation sites (N-methyl/N-ethyl adjacent to an activating group) is 1. The molecule has 4 heteroatoms. The largest absolute Gasteiger partial charge is 0.345 e. The molecule has 0 aliphatic carbocycles. The van der Waals surface area contributed by atoms with E-state index in [1.54, 1.807) is 11.1 Å². The molecule has 2 aromatic rings. The summed E-state index contributed by atoms with van der Waals surface area (Å²) in [4.78, 5) is 18.3. The third-order valence-corrected chi connectivity index (χ3v) is 3.38. The Morgan fingerprint density at radius 1 is 1.42 bits per heavy atom. The Morgan fingerprint density at radius 3 is 2.89 bits per heavy atom. The number of hydrogen-bond donors (Lipinski definition) is 0. The van der Waals surface area contributed by atoms with Crippen molar-refractivity contribution >= 4 is 16.9 Å². The van der Waals surface area contributed by atoms with Crippen molar-refractivity contribution in [3.05, 3.63) is 30.1 Å². The van der Waals surface area contributed by atoms with E-state index in [-0.39, 0.29) is 5.91 Å². The van der Waals surface area contributed by atoms with Crippen molar-refractivity contribution in [1.82, 2.24) is 14.5 Å². The van der Waals surface area contributed by atoms with E-state index < -0.39 is 0 Å². The molecule has 1 amide bonds. The number of pyridine rings is 1. The summed E-state index contributed by atoms with van der Waals surface area (Å²) in [7, 11) is 1.86. The van der Waals surface area contributed by atoms with E-state index in [4.69, 9.17) is 0 Å². The highest BCUT2D eigenvalue weighted by molar-refractivity contribution is 5.87. The number of carbonyl (C=O) groups excluding carboxylic acids is 1. The smallest absolute Gasteiger partial charge is 0.226 e. The fourth-order valence-electron chi connectivity index (χ4n) is 2.34. The number of amides is 1. The SMILES string of the molecule is CCCN(C)C(=O)Cc1cn(CC)c2ncccc12. The van der Waals surface area contributed by atoms with E-state index in [1.807, 2.05) is 19.2 Å². The zero-order valence-corrected chi connectivity index (χ0v) is 11.9. The van der Waals surface area contributed by atoms with Gasteiger partial charge in [-0.2, -0.15) is 0 Å². The van der Waals surface area contributed by atoms with E-state index in [0.717, 1.165) is 36.1 Å². The van der Waals surface area contributed by atoms with Crippen LogP contribution in [0.15, 0.2) is 24.5 Å². The molecule has 0 unspecified atom stereocenters. The predicted molar refractivity (Wildman–Crippen MR) is 77.0 cm³/mol. The molecule has 0 N–H and O–H groups in total. The maximum atomic E-state index is 12.1. The molecular weight excluding hydrogens is 238 g/mol. The lowest BCUT2D eigenvalue weighted by Gasteiger charge is -2.15. The predicted octanol–water partition coefficient (Wildman–Crippen LogP) is 2.47. The Labute approximate surface area is 114 Å². The van der Waals surface area contributed by atoms with Gasteiger partial charge in [0.05, 0.1) is 6.42 Å². The van der Waals surface area contributed by atoms with Crippen molar-refractivity contribution < 1.29 is 4.79 Å². The first-order valence-electron chi connectivity index (χ1n) is 6.84. The second-order valence-corrected chi connectivity index (χ2v) is 4.81. The van der Waals surface area contributed by atoms with Crippen molar-refractivity contribution in [2.45, 2.75) is 33.2 Å². The molecule has 2 rings (SSSR count). The lowest BCUT2D eigenvalue weighted by atomic mass is 10.1. The minimum Gasteiger partial charge on any atom is -0.345 e. The van der Waals surface area contributed by atoms with Gasteiger partial charge in [-0.05, 0) is 31.0 Å². The van der Waals surface area contributed by atoms with Gasteiger partial charge in [0.15, 0.2) is 0 Å². The fraction of sp³-hybridized carbons (Fsp3) is 0.467. The first-order chi connectivity index (χ1) is 9.17. The summed E-state index contributed by atoms with van der Waals surface area (Å²) in [6, 6.07) is 3.96. The molecule has 0 fully saturated rings. The lowest BCUT2D eigenvalue weighted by Crippen LogP contribution is -2.28. The number of rotatable bonds is 5. The van der Waals surface area contributed by atoms with E-state index in [0.29, 0.717) is 6.42 Å². The van der Waals surface area contributed by atoms with Gasteiger partial charge < -0.3 is 9.47 Å². The monoisotopic (exact) mass is 259 g/mol. The number of carbonyl (C=O) groups is 1. The zero-order chi connectivity index (χ0) is 13.8. The van der Waals surface area contributed by atoms with Gasteiger partial charge in [-0.15, -0.1) is 0 Å². The molecule has 0 saturated carbocycles. The molecule has 19 heavy (non-hydrogen) atoms. The summed E-state index contributed by atoms with van der Waals surface area (Å²) in [6.07, 6.45) is 5.28. The number of aryl methyl sites for hydroxylation is 1. The molecule has 0 spiro atoms. The van der Waals surface area contributed by atoms with Gasteiger partial charge >= 0.3 is 0 Å². The number of aromatic nitrogens is 2. The van der Waals surface area contributed by atoms with Crippen LogP contribution >= 0.6 is 0 Å². The van der Waals surface area contributed by atoms with E-state index in [9.17, 15) is 4.79 Å². The minimum absolute atomic E-state index is 0.167. The first-order valence-corrected chi connectivity index (χ1v) is 6.84. The Bertz CT molecular complexity index is 574. The van der Waals surface area contributed by atoms with Crippen LogP contribution in [0.2, 0.25) is 0 Å². The number of nitrogens with zero attached hydrogens (tertiary/aromatic N) is 3. The molecule has 102 valence electrons. The quantitative estimate of drug-likeness (QED) is 0.827. The van der Waals surface area contributed by atoms with Crippen LogP contribution in [0.4, 0.5) is 0 Å². The Kier molecular flexibility index (Phi) is 4.20. The van der Waals surface area contributed by atoms with Crippen LogP contribution in [-0.2, 0) is 17.8 Å². The van der Waals surface area contributed by atoms with E-state index >= 15 is 0 Å². The van der Waals surface area contributed by atoms with Crippen LogP contribution in [0.5, 0.6) is 0 Å². The molecular formula is C15H21N3O. The lowest BCUT2D eigenvalue weighted by molar-refractivity contribution is -0.129. The van der Waals surface area contributed by atoms with Gasteiger partial charge in [-0.1, -0.05) is 6.92 Å². The highest BCUT2D eigenvalue weighted by atomic mass is 16.2. The third-order valence-electron chi connectivity index (χ3n) is 3.38. The summed E-state index contributed by atoms with van der Waals surface area (Å²) in [6.45, 7) is 5.84.